The van der Waals surface area contributed by atoms with Gasteiger partial charge in [0.25, 0.3) is 15.7 Å². The highest BCUT2D eigenvalue weighted by atomic mass is 32.2. The van der Waals surface area contributed by atoms with Crippen LogP contribution < -0.4 is 11.3 Å². The number of hydrogen-bond acceptors (Lipinski definition) is 4. The van der Waals surface area contributed by atoms with Crippen molar-refractivity contribution in [2.45, 2.75) is 11.8 Å². The molecule has 0 atom stereocenters. The summed E-state index contributed by atoms with van der Waals surface area (Å²) in [7, 11) is -4.28. The molecule has 4 N–H and O–H groups in total. The number of nitrogens with one attached hydrogen (secondary N) is 1. The van der Waals surface area contributed by atoms with Gasteiger partial charge in [-0.1, -0.05) is 12.1 Å². The summed E-state index contributed by atoms with van der Waals surface area (Å²) in [5.41, 5.74) is 7.37. The Kier molecular flexibility index (Phi) is 3.08. The quantitative estimate of drug-likeness (QED) is 0.488. The maximum absolute atomic E-state index is 11.9. The highest BCUT2D eigenvalue weighted by Gasteiger charge is 2.13. The second kappa shape index (κ2) is 4.72. The molecular formula is C14H13N3O4S. The first kappa shape index (κ1) is 14.4. The summed E-state index contributed by atoms with van der Waals surface area (Å²) in [5.74, 6) is 0. The number of nitrogen functional groups attached to an aromatic ring is 1. The summed E-state index contributed by atoms with van der Waals surface area (Å²) in [5, 5.41) is 4.03. The highest BCUT2D eigenvalue weighted by Crippen LogP contribution is 2.28. The van der Waals surface area contributed by atoms with Crippen LogP contribution in [0.4, 0.5) is 5.69 Å². The van der Waals surface area contributed by atoms with E-state index in [0.29, 0.717) is 27.8 Å². The molecule has 1 heterocycles. The maximum atomic E-state index is 11.9. The van der Waals surface area contributed by atoms with Crippen LogP contribution in [0.3, 0.4) is 0 Å². The monoisotopic (exact) mass is 319 g/mol. The molecule has 1 aromatic heterocycles. The van der Waals surface area contributed by atoms with Crippen LogP contribution in [0, 0.1) is 6.92 Å². The lowest BCUT2D eigenvalue weighted by Crippen LogP contribution is -2.15. The van der Waals surface area contributed by atoms with E-state index in [9.17, 15) is 13.2 Å². The smallest absolute Gasteiger partial charge is 0.294 e. The average Bonchev–Trinajstić information content (AvgIpc) is 2.76. The highest BCUT2D eigenvalue weighted by molar-refractivity contribution is 7.85. The number of anilines is 1. The van der Waals surface area contributed by atoms with Crippen molar-refractivity contribution in [2.24, 2.45) is 0 Å². The Labute approximate surface area is 125 Å². The normalized spacial score (nSPS) is 11.9. The van der Waals surface area contributed by atoms with Crippen molar-refractivity contribution in [1.29, 1.82) is 0 Å². The molecule has 22 heavy (non-hydrogen) atoms. The van der Waals surface area contributed by atoms with E-state index >= 15 is 0 Å². The van der Waals surface area contributed by atoms with Gasteiger partial charge in [-0.2, -0.15) is 8.42 Å². The molecule has 8 heteroatoms. The second-order valence-electron chi connectivity index (χ2n) is 4.97. The van der Waals surface area contributed by atoms with Crippen molar-refractivity contribution in [3.63, 3.8) is 0 Å². The third-order valence-electron chi connectivity index (χ3n) is 3.40. The summed E-state index contributed by atoms with van der Waals surface area (Å²) in [6.45, 7) is 1.76. The van der Waals surface area contributed by atoms with Gasteiger partial charge in [-0.3, -0.25) is 14.4 Å². The molecular weight excluding hydrogens is 306 g/mol. The van der Waals surface area contributed by atoms with E-state index in [-0.39, 0.29) is 10.5 Å². The lowest BCUT2D eigenvalue weighted by Gasteiger charge is -2.10. The van der Waals surface area contributed by atoms with Gasteiger partial charge < -0.3 is 5.73 Å². The topological polar surface area (TPSA) is 118 Å². The molecule has 3 rings (SSSR count). The van der Waals surface area contributed by atoms with Gasteiger partial charge in [-0.25, -0.2) is 4.68 Å². The lowest BCUT2D eigenvalue weighted by atomic mass is 10.1. The molecule has 2 aromatic carbocycles. The zero-order valence-electron chi connectivity index (χ0n) is 11.6. The van der Waals surface area contributed by atoms with Crippen LogP contribution in [-0.4, -0.2) is 22.8 Å². The van der Waals surface area contributed by atoms with Crippen LogP contribution in [0.25, 0.3) is 16.5 Å². The number of aromatic amines is 1. The fourth-order valence-electron chi connectivity index (χ4n) is 2.37. The third kappa shape index (κ3) is 2.28. The van der Waals surface area contributed by atoms with Crippen molar-refractivity contribution in [3.05, 3.63) is 52.4 Å². The zero-order chi connectivity index (χ0) is 16.1. The van der Waals surface area contributed by atoms with Gasteiger partial charge in [-0.05, 0) is 30.5 Å². The molecule has 0 unspecified atom stereocenters. The second-order valence-corrected chi connectivity index (χ2v) is 6.39. The van der Waals surface area contributed by atoms with Crippen LogP contribution in [0.2, 0.25) is 0 Å². The van der Waals surface area contributed by atoms with E-state index in [1.807, 2.05) is 0 Å². The van der Waals surface area contributed by atoms with Crippen LogP contribution >= 0.6 is 0 Å². The average molecular weight is 319 g/mol. The number of nitrogens with zero attached hydrogens (tertiary/aromatic N) is 1. The predicted molar refractivity (Wildman–Crippen MR) is 82.9 cm³/mol. The fraction of sp³-hybridized carbons (Fsp3) is 0.0714. The molecule has 0 radical (unpaired) electrons. The molecule has 0 saturated heterocycles. The van der Waals surface area contributed by atoms with E-state index in [0.717, 1.165) is 0 Å². The fourth-order valence-corrected chi connectivity index (χ4v) is 2.88. The summed E-state index contributed by atoms with van der Waals surface area (Å²) in [6, 6.07) is 8.79. The van der Waals surface area contributed by atoms with E-state index in [1.165, 1.54) is 28.9 Å². The maximum Gasteiger partial charge on any atom is 0.294 e. The molecule has 0 spiro atoms. The minimum absolute atomic E-state index is 0.208. The van der Waals surface area contributed by atoms with Gasteiger partial charge in [0.1, 0.15) is 0 Å². The van der Waals surface area contributed by atoms with Gasteiger partial charge in [-0.15, -0.1) is 0 Å². The summed E-state index contributed by atoms with van der Waals surface area (Å²) < 4.78 is 32.7. The van der Waals surface area contributed by atoms with Gasteiger partial charge in [0, 0.05) is 17.1 Å². The van der Waals surface area contributed by atoms with Crippen LogP contribution in [-0.2, 0) is 10.1 Å². The molecule has 0 fully saturated rings. The minimum Gasteiger partial charge on any atom is -0.396 e. The molecule has 0 aliphatic carbocycles. The largest absolute Gasteiger partial charge is 0.396 e. The first-order chi connectivity index (χ1) is 10.3. The Bertz CT molecular complexity index is 1050. The molecule has 7 nitrogen and oxygen atoms in total. The standard InChI is InChI=1S/C14H13N3O4S/c1-8-6-13(18)17(16-8)12-5-2-9-7-10(22(19,20)21)3-4-11(9)14(12)15/h2-7,16H,15H2,1H3,(H,19,20,21). The van der Waals surface area contributed by atoms with Crippen molar-refractivity contribution in [2.75, 3.05) is 5.73 Å². The van der Waals surface area contributed by atoms with Crippen LogP contribution in [0.15, 0.2) is 46.1 Å². The van der Waals surface area contributed by atoms with Crippen LogP contribution in [0.5, 0.6) is 0 Å². The van der Waals surface area contributed by atoms with E-state index in [2.05, 4.69) is 5.10 Å². The molecule has 3 aromatic rings. The summed E-state index contributed by atoms with van der Waals surface area (Å²) >= 11 is 0. The first-order valence-corrected chi connectivity index (χ1v) is 7.80. The molecule has 114 valence electrons. The van der Waals surface area contributed by atoms with Crippen molar-refractivity contribution < 1.29 is 13.0 Å². The molecule has 0 aliphatic rings. The first-order valence-electron chi connectivity index (χ1n) is 6.36. The Morgan fingerprint density at radius 1 is 1.18 bits per heavy atom. The van der Waals surface area contributed by atoms with E-state index in [1.54, 1.807) is 19.1 Å². The number of benzene rings is 2. The van der Waals surface area contributed by atoms with Crippen LogP contribution in [0.1, 0.15) is 5.69 Å². The van der Waals surface area contributed by atoms with Crippen molar-refractivity contribution in [3.8, 4) is 5.69 Å². The Morgan fingerprint density at radius 3 is 2.50 bits per heavy atom. The zero-order valence-corrected chi connectivity index (χ0v) is 12.4. The molecule has 0 amide bonds. The molecule has 0 bridgehead atoms. The predicted octanol–water partition coefficient (Wildman–Crippen LogP) is 1.46. The number of rotatable bonds is 2. The lowest BCUT2D eigenvalue weighted by molar-refractivity contribution is 0.483. The number of H-pyrrole nitrogens is 1. The Balaban J connectivity index is 2.27. The van der Waals surface area contributed by atoms with Gasteiger partial charge in [0.2, 0.25) is 0 Å². The summed E-state index contributed by atoms with van der Waals surface area (Å²) in [6.07, 6.45) is 0. The molecule has 0 saturated carbocycles. The third-order valence-corrected chi connectivity index (χ3v) is 4.25. The van der Waals surface area contributed by atoms with Gasteiger partial charge in [0.05, 0.1) is 16.3 Å². The van der Waals surface area contributed by atoms with E-state index < -0.39 is 10.1 Å². The number of aromatic nitrogens is 2. The minimum atomic E-state index is -4.28. The SMILES string of the molecule is Cc1cc(=O)n(-c2ccc3cc(S(=O)(=O)O)ccc3c2N)[nH]1. The number of aryl methyl sites for hydroxylation is 1. The number of nitrogens with two attached hydrogens (primary N) is 1. The van der Waals surface area contributed by atoms with Crippen molar-refractivity contribution in [1.82, 2.24) is 9.78 Å². The van der Waals surface area contributed by atoms with E-state index in [4.69, 9.17) is 10.3 Å². The number of hydrogen-bond donors (Lipinski definition) is 3. The van der Waals surface area contributed by atoms with Crippen molar-refractivity contribution >= 4 is 26.6 Å². The molecule has 0 aliphatic heterocycles. The summed E-state index contributed by atoms with van der Waals surface area (Å²) in [4.78, 5) is 11.7. The Hall–Kier alpha value is -2.58. The van der Waals surface area contributed by atoms with Gasteiger partial charge in [0.15, 0.2) is 0 Å². The van der Waals surface area contributed by atoms with Gasteiger partial charge >= 0.3 is 0 Å². The number of fused-ring (bicyclic) bond motifs is 1. The Morgan fingerprint density at radius 2 is 1.91 bits per heavy atom.